The van der Waals surface area contributed by atoms with E-state index in [0.717, 1.165) is 57.2 Å². The first-order valence-electron chi connectivity index (χ1n) is 11.0. The van der Waals surface area contributed by atoms with Crippen LogP contribution in [0.5, 0.6) is 0 Å². The second-order valence-electron chi connectivity index (χ2n) is 7.81. The maximum absolute atomic E-state index is 11.8. The normalized spacial score (nSPS) is 15.9. The van der Waals surface area contributed by atoms with Crippen molar-refractivity contribution >= 4 is 11.9 Å². The van der Waals surface area contributed by atoms with Crippen LogP contribution in [0, 0.1) is 5.41 Å². The lowest BCUT2D eigenvalue weighted by Gasteiger charge is -2.27. The summed E-state index contributed by atoms with van der Waals surface area (Å²) in [6.07, 6.45) is 7.02. The summed E-state index contributed by atoms with van der Waals surface area (Å²) in [5, 5.41) is 9.48. The minimum Gasteiger partial charge on any atom is -0.382 e. The second-order valence-corrected chi connectivity index (χ2v) is 7.81. The van der Waals surface area contributed by atoms with Crippen LogP contribution in [-0.2, 0) is 11.2 Å². The molecule has 0 radical (unpaired) electrons. The number of aliphatic imine (C=N–C) groups is 1. The molecule has 1 aromatic rings. The molecule has 1 aliphatic carbocycles. The molecule has 0 atom stereocenters. The summed E-state index contributed by atoms with van der Waals surface area (Å²) in [6, 6.07) is 7.78. The molecule has 0 saturated heterocycles. The van der Waals surface area contributed by atoms with Gasteiger partial charge in [0.15, 0.2) is 5.96 Å². The Hall–Kier alpha value is -2.08. The third-order valence-electron chi connectivity index (χ3n) is 5.68. The number of ether oxygens (including phenoxy) is 1. The Kier molecular flexibility index (Phi) is 9.98. The summed E-state index contributed by atoms with van der Waals surface area (Å²) in [5.41, 5.74) is 2.13. The minimum atomic E-state index is -0.0522. The summed E-state index contributed by atoms with van der Waals surface area (Å²) in [5.74, 6) is 0.821. The van der Waals surface area contributed by atoms with E-state index in [1.54, 1.807) is 7.05 Å². The number of benzene rings is 1. The number of carbonyl (C=O) groups excluding carboxylic acids is 1. The summed E-state index contributed by atoms with van der Waals surface area (Å²) < 4.78 is 5.62. The zero-order chi connectivity index (χ0) is 21.0. The number of rotatable bonds is 11. The summed E-state index contributed by atoms with van der Waals surface area (Å²) in [4.78, 5) is 16.7. The molecule has 0 heterocycles. The van der Waals surface area contributed by atoms with Gasteiger partial charge < -0.3 is 20.7 Å². The molecule has 3 N–H and O–H groups in total. The fourth-order valence-electron chi connectivity index (χ4n) is 3.97. The molecule has 1 fully saturated rings. The number of carbonyl (C=O) groups is 1. The van der Waals surface area contributed by atoms with Gasteiger partial charge in [0, 0.05) is 45.5 Å². The van der Waals surface area contributed by atoms with Crippen molar-refractivity contribution in [2.45, 2.75) is 52.4 Å². The quantitative estimate of drug-likeness (QED) is 0.302. The number of hydrogen-bond donors (Lipinski definition) is 3. The zero-order valence-electron chi connectivity index (χ0n) is 18.4. The van der Waals surface area contributed by atoms with Crippen LogP contribution in [0.2, 0.25) is 0 Å². The van der Waals surface area contributed by atoms with Crippen molar-refractivity contribution < 1.29 is 9.53 Å². The van der Waals surface area contributed by atoms with E-state index in [-0.39, 0.29) is 5.91 Å². The van der Waals surface area contributed by atoms with Crippen LogP contribution in [0.4, 0.5) is 0 Å². The van der Waals surface area contributed by atoms with Gasteiger partial charge in [-0.25, -0.2) is 0 Å². The third kappa shape index (κ3) is 7.69. The standard InChI is InChI=1S/C23H38N4O2/c1-4-25-22(27-18-23(12-6-7-13-23)14-16-29-5-2)26-15-11-19-9-8-10-20(17-19)21(28)24-3/h8-10,17H,4-7,11-16,18H2,1-3H3,(H,24,28)(H2,25,26,27). The van der Waals surface area contributed by atoms with E-state index in [4.69, 9.17) is 9.73 Å². The maximum Gasteiger partial charge on any atom is 0.251 e. The molecule has 1 aliphatic rings. The maximum atomic E-state index is 11.8. The first kappa shape index (κ1) is 23.2. The van der Waals surface area contributed by atoms with Crippen molar-refractivity contribution in [3.05, 3.63) is 35.4 Å². The number of amides is 1. The monoisotopic (exact) mass is 402 g/mol. The van der Waals surface area contributed by atoms with E-state index in [9.17, 15) is 4.79 Å². The predicted molar refractivity (Wildman–Crippen MR) is 120 cm³/mol. The van der Waals surface area contributed by atoms with Gasteiger partial charge in [0.25, 0.3) is 5.91 Å². The van der Waals surface area contributed by atoms with E-state index in [0.29, 0.717) is 11.0 Å². The minimum absolute atomic E-state index is 0.0522. The Morgan fingerprint density at radius 2 is 2.00 bits per heavy atom. The lowest BCUT2D eigenvalue weighted by Crippen LogP contribution is -2.39. The molecule has 0 bridgehead atoms. The molecule has 1 aromatic carbocycles. The molecule has 2 rings (SSSR count). The van der Waals surface area contributed by atoms with Crippen molar-refractivity contribution in [2.24, 2.45) is 10.4 Å². The SMILES string of the molecule is CCNC(=NCC1(CCOCC)CCCC1)NCCc1cccc(C(=O)NC)c1. The number of nitrogens with zero attached hydrogens (tertiary/aromatic N) is 1. The van der Waals surface area contributed by atoms with Gasteiger partial charge >= 0.3 is 0 Å². The van der Waals surface area contributed by atoms with Crippen molar-refractivity contribution in [1.29, 1.82) is 0 Å². The van der Waals surface area contributed by atoms with Crippen LogP contribution in [0.1, 0.15) is 61.9 Å². The summed E-state index contributed by atoms with van der Waals surface area (Å²) in [6.45, 7) is 8.21. The topological polar surface area (TPSA) is 74.8 Å². The van der Waals surface area contributed by atoms with Gasteiger partial charge in [-0.05, 0) is 62.6 Å². The highest BCUT2D eigenvalue weighted by molar-refractivity contribution is 5.94. The Labute approximate surface area is 175 Å². The zero-order valence-corrected chi connectivity index (χ0v) is 18.4. The molecule has 1 saturated carbocycles. The molecule has 0 unspecified atom stereocenters. The van der Waals surface area contributed by atoms with Crippen LogP contribution in [0.15, 0.2) is 29.3 Å². The van der Waals surface area contributed by atoms with E-state index >= 15 is 0 Å². The van der Waals surface area contributed by atoms with Crippen LogP contribution in [0.3, 0.4) is 0 Å². The van der Waals surface area contributed by atoms with Gasteiger partial charge in [0.05, 0.1) is 0 Å². The third-order valence-corrected chi connectivity index (χ3v) is 5.68. The highest BCUT2D eigenvalue weighted by atomic mass is 16.5. The van der Waals surface area contributed by atoms with Crippen molar-refractivity contribution in [2.75, 3.05) is 39.9 Å². The number of hydrogen-bond acceptors (Lipinski definition) is 3. The summed E-state index contributed by atoms with van der Waals surface area (Å²) >= 11 is 0. The molecular weight excluding hydrogens is 364 g/mol. The van der Waals surface area contributed by atoms with Crippen molar-refractivity contribution in [3.8, 4) is 0 Å². The highest BCUT2D eigenvalue weighted by Gasteiger charge is 2.33. The molecule has 0 spiro atoms. The highest BCUT2D eigenvalue weighted by Crippen LogP contribution is 2.41. The van der Waals surface area contributed by atoms with Crippen LogP contribution >= 0.6 is 0 Å². The Balaban J connectivity index is 1.91. The lowest BCUT2D eigenvalue weighted by atomic mass is 9.83. The molecule has 6 nitrogen and oxygen atoms in total. The van der Waals surface area contributed by atoms with E-state index in [1.807, 2.05) is 18.2 Å². The first-order valence-corrected chi connectivity index (χ1v) is 11.0. The molecule has 0 aliphatic heterocycles. The van der Waals surface area contributed by atoms with E-state index < -0.39 is 0 Å². The van der Waals surface area contributed by atoms with Gasteiger partial charge in [-0.1, -0.05) is 25.0 Å². The fourth-order valence-corrected chi connectivity index (χ4v) is 3.97. The van der Waals surface area contributed by atoms with Crippen LogP contribution < -0.4 is 16.0 Å². The van der Waals surface area contributed by atoms with Gasteiger partial charge in [0.1, 0.15) is 0 Å². The molecule has 6 heteroatoms. The van der Waals surface area contributed by atoms with Gasteiger partial charge in [-0.2, -0.15) is 0 Å². The van der Waals surface area contributed by atoms with Crippen molar-refractivity contribution in [1.82, 2.24) is 16.0 Å². The van der Waals surface area contributed by atoms with Crippen LogP contribution in [-0.4, -0.2) is 51.8 Å². The average Bonchev–Trinajstić information content (AvgIpc) is 3.21. The second kappa shape index (κ2) is 12.5. The van der Waals surface area contributed by atoms with Crippen LogP contribution in [0.25, 0.3) is 0 Å². The van der Waals surface area contributed by atoms with E-state index in [2.05, 4.69) is 35.9 Å². The molecular formula is C23H38N4O2. The Morgan fingerprint density at radius 1 is 1.21 bits per heavy atom. The molecule has 29 heavy (non-hydrogen) atoms. The van der Waals surface area contributed by atoms with Crippen molar-refractivity contribution in [3.63, 3.8) is 0 Å². The molecule has 0 aromatic heterocycles. The molecule has 162 valence electrons. The van der Waals surface area contributed by atoms with E-state index in [1.165, 1.54) is 25.7 Å². The van der Waals surface area contributed by atoms with Gasteiger partial charge in [0.2, 0.25) is 0 Å². The molecule has 1 amide bonds. The fraction of sp³-hybridized carbons (Fsp3) is 0.652. The number of nitrogens with one attached hydrogen (secondary N) is 3. The number of guanidine groups is 1. The Morgan fingerprint density at radius 3 is 2.69 bits per heavy atom. The predicted octanol–water partition coefficient (Wildman–Crippen LogP) is 3.13. The smallest absolute Gasteiger partial charge is 0.251 e. The summed E-state index contributed by atoms with van der Waals surface area (Å²) in [7, 11) is 1.65. The van der Waals surface area contributed by atoms with Gasteiger partial charge in [-0.15, -0.1) is 0 Å². The van der Waals surface area contributed by atoms with Gasteiger partial charge in [-0.3, -0.25) is 9.79 Å². The Bertz CT molecular complexity index is 654. The largest absolute Gasteiger partial charge is 0.382 e. The average molecular weight is 403 g/mol. The first-order chi connectivity index (χ1) is 14.1. The lowest BCUT2D eigenvalue weighted by molar-refractivity contribution is 0.0963.